The van der Waals surface area contributed by atoms with Crippen LogP contribution in [0, 0.1) is 0 Å². The molecule has 0 aliphatic rings. The van der Waals surface area contributed by atoms with Gasteiger partial charge in [-0.2, -0.15) is 0 Å². The van der Waals surface area contributed by atoms with Crippen molar-refractivity contribution in [1.82, 2.24) is 0 Å². The number of rotatable bonds is 6. The van der Waals surface area contributed by atoms with Crippen molar-refractivity contribution in [2.75, 3.05) is 13.2 Å². The average Bonchev–Trinajstić information content (AvgIpc) is 2.51. The summed E-state index contributed by atoms with van der Waals surface area (Å²) in [5, 5.41) is 0. The third-order valence-corrected chi connectivity index (χ3v) is 3.72. The Balaban J connectivity index is 1.78. The van der Waals surface area contributed by atoms with Gasteiger partial charge in [-0.3, -0.25) is 0 Å². The van der Waals surface area contributed by atoms with E-state index in [1.165, 1.54) is 5.56 Å². The van der Waals surface area contributed by atoms with Crippen molar-refractivity contribution in [3.05, 3.63) is 59.7 Å². The summed E-state index contributed by atoms with van der Waals surface area (Å²) in [7, 11) is 0. The summed E-state index contributed by atoms with van der Waals surface area (Å²) in [6.45, 7) is 7.55. The van der Waals surface area contributed by atoms with E-state index in [1.807, 2.05) is 36.4 Å². The minimum absolute atomic E-state index is 0.152. The Labute approximate surface area is 143 Å². The van der Waals surface area contributed by atoms with Crippen LogP contribution in [0.1, 0.15) is 31.9 Å². The van der Waals surface area contributed by atoms with Crippen LogP contribution < -0.4 is 15.2 Å². The second-order valence-corrected chi connectivity index (χ2v) is 6.80. The Morgan fingerprint density at radius 2 is 1.30 bits per heavy atom. The third kappa shape index (κ3) is 5.25. The van der Waals surface area contributed by atoms with E-state index in [0.29, 0.717) is 18.2 Å². The van der Waals surface area contributed by atoms with Gasteiger partial charge in [0.15, 0.2) is 0 Å². The quantitative estimate of drug-likeness (QED) is 0.641. The molecule has 2 aromatic rings. The predicted octanol–water partition coefficient (Wildman–Crippen LogP) is 4.08. The monoisotopic (exact) mass is 329 g/mol. The molecule has 122 valence electrons. The first-order valence-corrected chi connectivity index (χ1v) is 8.03. The van der Waals surface area contributed by atoms with Crippen molar-refractivity contribution in [2.45, 2.75) is 26.2 Å². The molecule has 3 nitrogen and oxygen atoms in total. The van der Waals surface area contributed by atoms with Crippen molar-refractivity contribution in [1.29, 1.82) is 0 Å². The molecule has 0 unspecified atom stereocenters. The largest absolute Gasteiger partial charge is 0.490 e. The Bertz CT molecular complexity index is 643. The van der Waals surface area contributed by atoms with E-state index in [2.05, 4.69) is 32.9 Å². The van der Waals surface area contributed by atoms with Gasteiger partial charge < -0.3 is 15.2 Å². The third-order valence-electron chi connectivity index (χ3n) is 3.48. The number of thiocarbonyl (C=S) groups is 1. The van der Waals surface area contributed by atoms with E-state index in [0.717, 1.165) is 17.1 Å². The molecule has 0 spiro atoms. The van der Waals surface area contributed by atoms with Gasteiger partial charge in [0.05, 0.1) is 0 Å². The molecule has 23 heavy (non-hydrogen) atoms. The van der Waals surface area contributed by atoms with Crippen molar-refractivity contribution in [3.8, 4) is 11.5 Å². The van der Waals surface area contributed by atoms with Crippen molar-refractivity contribution < 1.29 is 9.47 Å². The number of nitrogens with two attached hydrogens (primary N) is 1. The molecule has 0 atom stereocenters. The van der Waals surface area contributed by atoms with Crippen LogP contribution in [0.4, 0.5) is 0 Å². The SMILES string of the molecule is CC(C)(C)c1ccc(OCCOc2ccc(C(N)=S)cc2)cc1. The summed E-state index contributed by atoms with van der Waals surface area (Å²) >= 11 is 4.91. The molecule has 0 saturated carbocycles. The molecule has 0 radical (unpaired) electrons. The Morgan fingerprint density at radius 3 is 1.70 bits per heavy atom. The van der Waals surface area contributed by atoms with E-state index < -0.39 is 0 Å². The van der Waals surface area contributed by atoms with Crippen LogP contribution >= 0.6 is 12.2 Å². The van der Waals surface area contributed by atoms with Crippen LogP contribution in [0.15, 0.2) is 48.5 Å². The second-order valence-electron chi connectivity index (χ2n) is 6.36. The van der Waals surface area contributed by atoms with Gasteiger partial charge in [-0.05, 0) is 47.4 Å². The molecule has 0 heterocycles. The zero-order chi connectivity index (χ0) is 16.9. The lowest BCUT2D eigenvalue weighted by Gasteiger charge is -2.19. The minimum atomic E-state index is 0.152. The van der Waals surface area contributed by atoms with E-state index in [9.17, 15) is 0 Å². The van der Waals surface area contributed by atoms with Crippen LogP contribution in [0.2, 0.25) is 0 Å². The van der Waals surface area contributed by atoms with Gasteiger partial charge in [0, 0.05) is 5.56 Å². The molecule has 2 rings (SSSR count). The van der Waals surface area contributed by atoms with Crippen LogP contribution in [-0.4, -0.2) is 18.2 Å². The summed E-state index contributed by atoms with van der Waals surface area (Å²) in [5.41, 5.74) is 7.84. The highest BCUT2D eigenvalue weighted by Crippen LogP contribution is 2.24. The minimum Gasteiger partial charge on any atom is -0.490 e. The summed E-state index contributed by atoms with van der Waals surface area (Å²) in [6, 6.07) is 15.6. The zero-order valence-electron chi connectivity index (χ0n) is 13.8. The molecule has 2 aromatic carbocycles. The molecule has 0 aromatic heterocycles. The highest BCUT2D eigenvalue weighted by atomic mass is 32.1. The summed E-state index contributed by atoms with van der Waals surface area (Å²) in [5.74, 6) is 1.63. The Kier molecular flexibility index (Phi) is 5.61. The van der Waals surface area contributed by atoms with Gasteiger partial charge in [-0.25, -0.2) is 0 Å². The second kappa shape index (κ2) is 7.47. The smallest absolute Gasteiger partial charge is 0.122 e. The van der Waals surface area contributed by atoms with Gasteiger partial charge in [0.25, 0.3) is 0 Å². The first-order valence-electron chi connectivity index (χ1n) is 7.62. The highest BCUT2D eigenvalue weighted by Gasteiger charge is 2.12. The molecule has 0 saturated heterocycles. The number of hydrogen-bond acceptors (Lipinski definition) is 3. The average molecular weight is 329 g/mol. The molecule has 0 amide bonds. The molecular formula is C19H23NO2S. The van der Waals surface area contributed by atoms with Crippen molar-refractivity contribution in [2.24, 2.45) is 5.73 Å². The van der Waals surface area contributed by atoms with E-state index in [4.69, 9.17) is 27.4 Å². The number of ether oxygens (including phenoxy) is 2. The zero-order valence-corrected chi connectivity index (χ0v) is 14.7. The lowest BCUT2D eigenvalue weighted by Crippen LogP contribution is -2.12. The van der Waals surface area contributed by atoms with Gasteiger partial charge in [0.2, 0.25) is 0 Å². The van der Waals surface area contributed by atoms with Crippen LogP contribution in [0.3, 0.4) is 0 Å². The predicted molar refractivity (Wildman–Crippen MR) is 98.5 cm³/mol. The molecule has 0 aliphatic heterocycles. The van der Waals surface area contributed by atoms with E-state index in [-0.39, 0.29) is 5.41 Å². The molecule has 4 heteroatoms. The van der Waals surface area contributed by atoms with Gasteiger partial charge in [0.1, 0.15) is 29.7 Å². The van der Waals surface area contributed by atoms with Gasteiger partial charge >= 0.3 is 0 Å². The fraction of sp³-hybridized carbons (Fsp3) is 0.316. The molecule has 0 bridgehead atoms. The van der Waals surface area contributed by atoms with Crippen LogP contribution in [-0.2, 0) is 5.41 Å². The molecule has 0 fully saturated rings. The standard InChI is InChI=1S/C19H23NO2S/c1-19(2,3)15-6-10-17(11-7-15)22-13-12-21-16-8-4-14(5-9-16)18(20)23/h4-11H,12-13H2,1-3H3,(H2,20,23). The van der Waals surface area contributed by atoms with Crippen LogP contribution in [0.25, 0.3) is 0 Å². The molecular weight excluding hydrogens is 306 g/mol. The van der Waals surface area contributed by atoms with Crippen molar-refractivity contribution in [3.63, 3.8) is 0 Å². The number of hydrogen-bond donors (Lipinski definition) is 1. The number of benzene rings is 2. The maximum atomic E-state index is 5.69. The first-order chi connectivity index (χ1) is 10.9. The van der Waals surface area contributed by atoms with Crippen molar-refractivity contribution >= 4 is 17.2 Å². The fourth-order valence-electron chi connectivity index (χ4n) is 2.09. The van der Waals surface area contributed by atoms with E-state index >= 15 is 0 Å². The summed E-state index contributed by atoms with van der Waals surface area (Å²) in [4.78, 5) is 0.388. The fourth-order valence-corrected chi connectivity index (χ4v) is 2.22. The molecule has 2 N–H and O–H groups in total. The summed E-state index contributed by atoms with van der Waals surface area (Å²) in [6.07, 6.45) is 0. The Morgan fingerprint density at radius 1 is 0.870 bits per heavy atom. The maximum Gasteiger partial charge on any atom is 0.122 e. The maximum absolute atomic E-state index is 5.69. The van der Waals surface area contributed by atoms with Crippen LogP contribution in [0.5, 0.6) is 11.5 Å². The van der Waals surface area contributed by atoms with E-state index in [1.54, 1.807) is 0 Å². The molecule has 0 aliphatic carbocycles. The van der Waals surface area contributed by atoms with Gasteiger partial charge in [-0.1, -0.05) is 45.1 Å². The summed E-state index contributed by atoms with van der Waals surface area (Å²) < 4.78 is 11.3. The topological polar surface area (TPSA) is 44.5 Å². The highest BCUT2D eigenvalue weighted by molar-refractivity contribution is 7.80. The van der Waals surface area contributed by atoms with Gasteiger partial charge in [-0.15, -0.1) is 0 Å². The Hall–Kier alpha value is -2.07. The first kappa shape index (κ1) is 17.3. The lowest BCUT2D eigenvalue weighted by atomic mass is 9.87. The lowest BCUT2D eigenvalue weighted by molar-refractivity contribution is 0.217. The normalized spacial score (nSPS) is 11.1.